The number of hydrogen-bond donors (Lipinski definition) is 7. The van der Waals surface area contributed by atoms with Crippen molar-refractivity contribution in [3.8, 4) is 11.5 Å². The van der Waals surface area contributed by atoms with Gasteiger partial charge in [-0.15, -0.1) is 0 Å². The van der Waals surface area contributed by atoms with Crippen LogP contribution in [0.15, 0.2) is 48.5 Å². The minimum atomic E-state index is -1.25. The van der Waals surface area contributed by atoms with E-state index >= 15 is 0 Å². The summed E-state index contributed by atoms with van der Waals surface area (Å²) in [5, 5.41) is 35.8. The number of carboxylic acid groups (broad SMARTS) is 1. The number of rotatable bonds is 13. The number of aromatic hydroxyl groups is 2. The van der Waals surface area contributed by atoms with Crippen molar-refractivity contribution in [2.24, 2.45) is 11.7 Å². The molecule has 11 nitrogen and oxygen atoms in total. The molecule has 11 heteroatoms. The molecule has 0 radical (unpaired) electrons. The van der Waals surface area contributed by atoms with Crippen LogP contribution in [0, 0.1) is 5.92 Å². The number of phenolic OH excluding ortho intramolecular Hbond substituents is 2. The molecule has 200 valence electrons. The maximum Gasteiger partial charge on any atom is 0.326 e. The van der Waals surface area contributed by atoms with E-state index < -0.39 is 48.4 Å². The number of nitrogens with two attached hydrogens (primary N) is 1. The fourth-order valence-electron chi connectivity index (χ4n) is 3.53. The molecule has 4 atom stereocenters. The lowest BCUT2D eigenvalue weighted by Crippen LogP contribution is -2.56. The van der Waals surface area contributed by atoms with Crippen molar-refractivity contribution in [1.82, 2.24) is 16.0 Å². The van der Waals surface area contributed by atoms with Gasteiger partial charge in [-0.1, -0.05) is 44.5 Å². The van der Waals surface area contributed by atoms with E-state index in [4.69, 9.17) is 5.73 Å². The van der Waals surface area contributed by atoms with E-state index in [1.54, 1.807) is 31.2 Å². The Labute approximate surface area is 215 Å². The lowest BCUT2D eigenvalue weighted by molar-refractivity contribution is -0.142. The van der Waals surface area contributed by atoms with E-state index in [9.17, 15) is 34.5 Å². The van der Waals surface area contributed by atoms with Crippen LogP contribution in [0.2, 0.25) is 0 Å². The standard InChI is InChI=1S/C26H34N4O7/c1-3-15(2)23(25(35)29-21(26(36)37)13-17-6-10-19(32)11-7-17)30-22(33)14-28-24(34)20(27)12-16-4-8-18(31)9-5-16/h4-11,15,20-21,23,31-32H,3,12-14,27H2,1-2H3,(H,28,34)(H,29,35)(H,30,33)(H,36,37). The Morgan fingerprint density at radius 3 is 1.84 bits per heavy atom. The Balaban J connectivity index is 1.95. The molecule has 2 aromatic rings. The molecule has 0 fully saturated rings. The van der Waals surface area contributed by atoms with E-state index in [1.807, 2.05) is 6.92 Å². The molecule has 0 aliphatic heterocycles. The van der Waals surface area contributed by atoms with E-state index in [2.05, 4.69) is 16.0 Å². The zero-order valence-corrected chi connectivity index (χ0v) is 20.8. The lowest BCUT2D eigenvalue weighted by atomic mass is 9.97. The summed E-state index contributed by atoms with van der Waals surface area (Å²) in [6.45, 7) is 3.15. The van der Waals surface area contributed by atoms with Crippen LogP contribution in [0.1, 0.15) is 31.4 Å². The van der Waals surface area contributed by atoms with Gasteiger partial charge >= 0.3 is 5.97 Å². The third-order valence-corrected chi connectivity index (χ3v) is 5.95. The van der Waals surface area contributed by atoms with Crippen LogP contribution < -0.4 is 21.7 Å². The van der Waals surface area contributed by atoms with Crippen molar-refractivity contribution in [2.45, 2.75) is 51.2 Å². The summed E-state index contributed by atoms with van der Waals surface area (Å²) in [7, 11) is 0. The van der Waals surface area contributed by atoms with Gasteiger partial charge in [0.05, 0.1) is 12.6 Å². The van der Waals surface area contributed by atoms with Gasteiger partial charge in [0.2, 0.25) is 17.7 Å². The molecule has 2 rings (SSSR count). The summed E-state index contributed by atoms with van der Waals surface area (Å²) in [4.78, 5) is 49.6. The zero-order valence-electron chi connectivity index (χ0n) is 20.8. The Hall–Kier alpha value is -4.12. The third kappa shape index (κ3) is 9.45. The quantitative estimate of drug-likeness (QED) is 0.200. The molecule has 0 heterocycles. The summed E-state index contributed by atoms with van der Waals surface area (Å²) in [5.74, 6) is -3.29. The molecule has 2 aromatic carbocycles. The molecule has 0 saturated heterocycles. The zero-order chi connectivity index (χ0) is 27.5. The second kappa shape index (κ2) is 13.8. The van der Waals surface area contributed by atoms with Gasteiger partial charge in [0, 0.05) is 6.42 Å². The van der Waals surface area contributed by atoms with E-state index in [0.29, 0.717) is 12.0 Å². The number of benzene rings is 2. The minimum Gasteiger partial charge on any atom is -0.508 e. The predicted octanol–water partition coefficient (Wildman–Crippen LogP) is 0.427. The monoisotopic (exact) mass is 514 g/mol. The summed E-state index contributed by atoms with van der Waals surface area (Å²) >= 11 is 0. The average Bonchev–Trinajstić information content (AvgIpc) is 2.87. The summed E-state index contributed by atoms with van der Waals surface area (Å²) in [5.41, 5.74) is 7.24. The molecule has 37 heavy (non-hydrogen) atoms. The van der Waals surface area contributed by atoms with Crippen molar-refractivity contribution in [3.05, 3.63) is 59.7 Å². The number of carbonyl (C=O) groups is 4. The van der Waals surface area contributed by atoms with E-state index in [1.165, 1.54) is 24.3 Å². The van der Waals surface area contributed by atoms with Crippen molar-refractivity contribution >= 4 is 23.7 Å². The average molecular weight is 515 g/mol. The van der Waals surface area contributed by atoms with Gasteiger partial charge in [-0.2, -0.15) is 0 Å². The lowest BCUT2D eigenvalue weighted by Gasteiger charge is -2.25. The van der Waals surface area contributed by atoms with Crippen LogP contribution in [-0.4, -0.2) is 63.7 Å². The van der Waals surface area contributed by atoms with Crippen molar-refractivity contribution in [2.75, 3.05) is 6.54 Å². The fourth-order valence-corrected chi connectivity index (χ4v) is 3.53. The van der Waals surface area contributed by atoms with Gasteiger partial charge in [0.25, 0.3) is 0 Å². The highest BCUT2D eigenvalue weighted by atomic mass is 16.4. The fraction of sp³-hybridized carbons (Fsp3) is 0.385. The Kier molecular flexibility index (Phi) is 10.9. The molecule has 8 N–H and O–H groups in total. The van der Waals surface area contributed by atoms with Gasteiger partial charge in [0.15, 0.2) is 0 Å². The smallest absolute Gasteiger partial charge is 0.326 e. The molecule has 0 saturated carbocycles. The molecule has 0 aliphatic carbocycles. The van der Waals surface area contributed by atoms with Gasteiger partial charge < -0.3 is 37.0 Å². The Bertz CT molecular complexity index is 1070. The van der Waals surface area contributed by atoms with Crippen LogP contribution in [-0.2, 0) is 32.0 Å². The highest BCUT2D eigenvalue weighted by Gasteiger charge is 2.30. The van der Waals surface area contributed by atoms with Crippen LogP contribution in [0.4, 0.5) is 0 Å². The predicted molar refractivity (Wildman–Crippen MR) is 136 cm³/mol. The molecular formula is C26H34N4O7. The summed E-state index contributed by atoms with van der Waals surface area (Å²) in [6.07, 6.45) is 0.707. The first-order valence-electron chi connectivity index (χ1n) is 11.9. The third-order valence-electron chi connectivity index (χ3n) is 5.95. The van der Waals surface area contributed by atoms with Gasteiger partial charge in [-0.25, -0.2) is 4.79 Å². The van der Waals surface area contributed by atoms with Crippen molar-refractivity contribution in [1.29, 1.82) is 0 Å². The van der Waals surface area contributed by atoms with Crippen molar-refractivity contribution in [3.63, 3.8) is 0 Å². The molecule has 0 bridgehead atoms. The molecule has 0 aromatic heterocycles. The maximum absolute atomic E-state index is 13.0. The Morgan fingerprint density at radius 2 is 1.35 bits per heavy atom. The van der Waals surface area contributed by atoms with Crippen LogP contribution in [0.25, 0.3) is 0 Å². The number of carboxylic acids is 1. The maximum atomic E-state index is 13.0. The second-order valence-corrected chi connectivity index (χ2v) is 8.90. The van der Waals surface area contributed by atoms with E-state index in [-0.39, 0.29) is 30.3 Å². The topological polar surface area (TPSA) is 191 Å². The number of aliphatic carboxylic acids is 1. The number of carbonyl (C=O) groups excluding carboxylic acids is 3. The number of phenols is 2. The van der Waals surface area contributed by atoms with Gasteiger partial charge in [-0.05, 0) is 47.7 Å². The molecule has 0 aliphatic rings. The molecule has 0 spiro atoms. The van der Waals surface area contributed by atoms with Crippen LogP contribution in [0.3, 0.4) is 0 Å². The van der Waals surface area contributed by atoms with E-state index in [0.717, 1.165) is 5.56 Å². The normalized spacial score (nSPS) is 14.0. The van der Waals surface area contributed by atoms with Gasteiger partial charge in [-0.3, -0.25) is 14.4 Å². The highest BCUT2D eigenvalue weighted by molar-refractivity contribution is 5.92. The van der Waals surface area contributed by atoms with Crippen LogP contribution >= 0.6 is 0 Å². The number of nitrogens with one attached hydrogen (secondary N) is 3. The number of hydrogen-bond acceptors (Lipinski definition) is 7. The SMILES string of the molecule is CCC(C)C(NC(=O)CNC(=O)C(N)Cc1ccc(O)cc1)C(=O)NC(Cc1ccc(O)cc1)C(=O)O. The summed E-state index contributed by atoms with van der Waals surface area (Å²) in [6, 6.07) is 8.97. The van der Waals surface area contributed by atoms with Gasteiger partial charge in [0.1, 0.15) is 23.6 Å². The molecular weight excluding hydrogens is 480 g/mol. The first kappa shape index (κ1) is 29.1. The largest absolute Gasteiger partial charge is 0.508 e. The minimum absolute atomic E-state index is 0.0164. The molecule has 3 amide bonds. The molecule has 4 unspecified atom stereocenters. The van der Waals surface area contributed by atoms with Crippen molar-refractivity contribution < 1.29 is 34.5 Å². The highest BCUT2D eigenvalue weighted by Crippen LogP contribution is 2.13. The second-order valence-electron chi connectivity index (χ2n) is 8.90. The first-order chi connectivity index (χ1) is 17.5. The first-order valence-corrected chi connectivity index (χ1v) is 11.9. The number of amides is 3. The Morgan fingerprint density at radius 1 is 0.838 bits per heavy atom. The van der Waals surface area contributed by atoms with Crippen LogP contribution in [0.5, 0.6) is 11.5 Å². The summed E-state index contributed by atoms with van der Waals surface area (Å²) < 4.78 is 0.